The normalized spacial score (nSPS) is 11.6. The highest BCUT2D eigenvalue weighted by molar-refractivity contribution is 5.78. The van der Waals surface area contributed by atoms with Crippen molar-refractivity contribution in [2.75, 3.05) is 12.3 Å². The summed E-state index contributed by atoms with van der Waals surface area (Å²) in [5, 5.41) is 13.5. The number of halogens is 1. The highest BCUT2D eigenvalue weighted by Gasteiger charge is 2.16. The summed E-state index contributed by atoms with van der Waals surface area (Å²) in [6.45, 7) is 1.39. The average Bonchev–Trinajstić information content (AvgIpc) is 2.54. The summed E-state index contributed by atoms with van der Waals surface area (Å²) < 4.78 is 18.1. The maximum atomic E-state index is 12.9. The van der Waals surface area contributed by atoms with Crippen molar-refractivity contribution < 1.29 is 18.8 Å². The first-order valence-corrected chi connectivity index (χ1v) is 7.09. The van der Waals surface area contributed by atoms with Crippen LogP contribution in [0.4, 0.5) is 15.8 Å². The Kier molecular flexibility index (Phi) is 5.31. The molecule has 0 bridgehead atoms. The predicted octanol–water partition coefficient (Wildman–Crippen LogP) is 2.57. The van der Waals surface area contributed by atoms with E-state index in [1.807, 2.05) is 0 Å². The molecule has 0 spiro atoms. The van der Waals surface area contributed by atoms with E-state index < -0.39 is 10.8 Å². The van der Waals surface area contributed by atoms with Crippen LogP contribution in [0.2, 0.25) is 0 Å². The third-order valence-corrected chi connectivity index (χ3v) is 3.35. The molecule has 7 nitrogen and oxygen atoms in total. The van der Waals surface area contributed by atoms with Gasteiger partial charge < -0.3 is 15.8 Å². The quantitative estimate of drug-likeness (QED) is 0.480. The van der Waals surface area contributed by atoms with Crippen LogP contribution in [0.3, 0.4) is 0 Å². The first-order chi connectivity index (χ1) is 11.4. The average molecular weight is 333 g/mol. The zero-order chi connectivity index (χ0) is 17.7. The second-order valence-corrected chi connectivity index (χ2v) is 5.08. The monoisotopic (exact) mass is 333 g/mol. The maximum absolute atomic E-state index is 12.9. The number of anilines is 1. The fourth-order valence-electron chi connectivity index (χ4n) is 2.08. The van der Waals surface area contributed by atoms with Gasteiger partial charge in [0, 0.05) is 6.07 Å². The molecule has 8 heteroatoms. The van der Waals surface area contributed by atoms with Gasteiger partial charge in [0.2, 0.25) is 0 Å². The van der Waals surface area contributed by atoms with Gasteiger partial charge in [-0.25, -0.2) is 4.39 Å². The van der Waals surface area contributed by atoms with Gasteiger partial charge in [-0.3, -0.25) is 14.9 Å². The van der Waals surface area contributed by atoms with Crippen LogP contribution < -0.4 is 15.8 Å². The zero-order valence-corrected chi connectivity index (χ0v) is 12.9. The number of nitrogens with one attached hydrogen (secondary N) is 1. The molecule has 0 heterocycles. The van der Waals surface area contributed by atoms with Crippen LogP contribution in [0.25, 0.3) is 0 Å². The van der Waals surface area contributed by atoms with Crippen LogP contribution in [0, 0.1) is 15.9 Å². The number of nitrogen functional groups attached to an aromatic ring is 1. The summed E-state index contributed by atoms with van der Waals surface area (Å²) in [5.41, 5.74) is 5.96. The van der Waals surface area contributed by atoms with Crippen molar-refractivity contribution in [2.24, 2.45) is 0 Å². The zero-order valence-electron chi connectivity index (χ0n) is 12.9. The minimum absolute atomic E-state index is 0.0637. The molecule has 24 heavy (non-hydrogen) atoms. The van der Waals surface area contributed by atoms with E-state index in [4.69, 9.17) is 10.5 Å². The van der Waals surface area contributed by atoms with Crippen LogP contribution in [-0.2, 0) is 4.79 Å². The lowest BCUT2D eigenvalue weighted by Gasteiger charge is -2.15. The van der Waals surface area contributed by atoms with E-state index >= 15 is 0 Å². The Labute approximate surface area is 137 Å². The minimum Gasteiger partial charge on any atom is -0.481 e. The molecular formula is C16H16FN3O4. The number of carbonyl (C=O) groups excluding carboxylic acids is 1. The molecule has 0 aliphatic rings. The summed E-state index contributed by atoms with van der Waals surface area (Å²) in [6, 6.07) is 9.51. The molecule has 0 radical (unpaired) electrons. The van der Waals surface area contributed by atoms with E-state index in [1.54, 1.807) is 19.1 Å². The first-order valence-electron chi connectivity index (χ1n) is 7.09. The van der Waals surface area contributed by atoms with Crippen molar-refractivity contribution in [1.82, 2.24) is 5.32 Å². The van der Waals surface area contributed by atoms with Crippen LogP contribution in [-0.4, -0.2) is 17.4 Å². The number of benzene rings is 2. The molecular weight excluding hydrogens is 317 g/mol. The Morgan fingerprint density at radius 3 is 2.62 bits per heavy atom. The molecule has 3 N–H and O–H groups in total. The molecule has 2 aromatic rings. The molecule has 2 aromatic carbocycles. The molecule has 0 fully saturated rings. The summed E-state index contributed by atoms with van der Waals surface area (Å²) in [6.07, 6.45) is 0. The number of para-hydroxylation sites is 1. The summed E-state index contributed by atoms with van der Waals surface area (Å²) in [5.74, 6) is -0.728. The molecule has 126 valence electrons. The van der Waals surface area contributed by atoms with Gasteiger partial charge in [-0.2, -0.15) is 0 Å². The van der Waals surface area contributed by atoms with Gasteiger partial charge in [0.05, 0.1) is 11.0 Å². The van der Waals surface area contributed by atoms with E-state index in [0.29, 0.717) is 0 Å². The number of nitro groups is 1. The molecule has 0 saturated heterocycles. The highest BCUT2D eigenvalue weighted by Crippen LogP contribution is 2.30. The fourth-order valence-corrected chi connectivity index (χ4v) is 2.08. The lowest BCUT2D eigenvalue weighted by Crippen LogP contribution is -2.31. The second-order valence-electron chi connectivity index (χ2n) is 5.08. The fraction of sp³-hybridized carbons (Fsp3) is 0.188. The Balaban J connectivity index is 1.95. The number of nitro benzene ring substituents is 1. The molecule has 2 rings (SSSR count). The molecule has 1 amide bonds. The largest absolute Gasteiger partial charge is 0.481 e. The summed E-state index contributed by atoms with van der Waals surface area (Å²) in [7, 11) is 0. The number of rotatable bonds is 6. The number of nitrogens with zero attached hydrogens (tertiary/aromatic N) is 1. The minimum atomic E-state index is -0.626. The SMILES string of the molecule is C[C@H](NC(=O)COc1cccc([N+](=O)[O-])c1N)c1ccc(F)cc1. The van der Waals surface area contributed by atoms with Crippen molar-refractivity contribution in [3.05, 3.63) is 64.0 Å². The van der Waals surface area contributed by atoms with Crippen molar-refractivity contribution >= 4 is 17.3 Å². The van der Waals surface area contributed by atoms with E-state index in [2.05, 4.69) is 5.32 Å². The topological polar surface area (TPSA) is 107 Å². The van der Waals surface area contributed by atoms with Crippen molar-refractivity contribution in [1.29, 1.82) is 0 Å². The number of hydrogen-bond donors (Lipinski definition) is 2. The van der Waals surface area contributed by atoms with Crippen LogP contribution in [0.5, 0.6) is 5.75 Å². The number of ether oxygens (including phenoxy) is 1. The van der Waals surface area contributed by atoms with E-state index in [0.717, 1.165) is 5.56 Å². The van der Waals surface area contributed by atoms with E-state index in [9.17, 15) is 19.3 Å². The number of carbonyl (C=O) groups is 1. The lowest BCUT2D eigenvalue weighted by atomic mass is 10.1. The number of amides is 1. The van der Waals surface area contributed by atoms with Crippen LogP contribution in [0.1, 0.15) is 18.5 Å². The number of nitrogens with two attached hydrogens (primary N) is 1. The third kappa shape index (κ3) is 4.19. The lowest BCUT2D eigenvalue weighted by molar-refractivity contribution is -0.384. The number of hydrogen-bond acceptors (Lipinski definition) is 5. The second kappa shape index (κ2) is 7.40. The van der Waals surface area contributed by atoms with Crippen LogP contribution in [0.15, 0.2) is 42.5 Å². The van der Waals surface area contributed by atoms with E-state index in [1.165, 1.54) is 30.3 Å². The molecule has 0 aliphatic carbocycles. The van der Waals surface area contributed by atoms with Gasteiger partial charge in [0.15, 0.2) is 12.3 Å². The van der Waals surface area contributed by atoms with Crippen molar-refractivity contribution in [3.63, 3.8) is 0 Å². The Morgan fingerprint density at radius 1 is 1.33 bits per heavy atom. The summed E-state index contributed by atoms with van der Waals surface area (Å²) in [4.78, 5) is 22.1. The van der Waals surface area contributed by atoms with Gasteiger partial charge >= 0.3 is 0 Å². The Morgan fingerprint density at radius 2 is 2.00 bits per heavy atom. The molecule has 0 aliphatic heterocycles. The van der Waals surface area contributed by atoms with Gasteiger partial charge in [0.1, 0.15) is 11.6 Å². The van der Waals surface area contributed by atoms with Crippen LogP contribution >= 0.6 is 0 Å². The predicted molar refractivity (Wildman–Crippen MR) is 86.0 cm³/mol. The van der Waals surface area contributed by atoms with E-state index in [-0.39, 0.29) is 35.6 Å². The molecule has 0 saturated carbocycles. The van der Waals surface area contributed by atoms with Gasteiger partial charge in [0.25, 0.3) is 11.6 Å². The third-order valence-electron chi connectivity index (χ3n) is 3.35. The maximum Gasteiger partial charge on any atom is 0.295 e. The van der Waals surface area contributed by atoms with Crippen molar-refractivity contribution in [2.45, 2.75) is 13.0 Å². The molecule has 0 unspecified atom stereocenters. The van der Waals surface area contributed by atoms with Gasteiger partial charge in [-0.1, -0.05) is 18.2 Å². The Bertz CT molecular complexity index is 749. The first kappa shape index (κ1) is 17.2. The molecule has 0 aromatic heterocycles. The standard InChI is InChI=1S/C16H16FN3O4/c1-10(11-5-7-12(17)8-6-11)19-15(21)9-24-14-4-2-3-13(16(14)18)20(22)23/h2-8,10H,9,18H2,1H3,(H,19,21)/t10-/m0/s1. The smallest absolute Gasteiger partial charge is 0.295 e. The molecule has 1 atom stereocenters. The van der Waals surface area contributed by atoms with Crippen molar-refractivity contribution in [3.8, 4) is 5.75 Å². The van der Waals surface area contributed by atoms with Gasteiger partial charge in [-0.15, -0.1) is 0 Å². The Hall–Kier alpha value is -3.16. The highest BCUT2D eigenvalue weighted by atomic mass is 19.1. The summed E-state index contributed by atoms with van der Waals surface area (Å²) >= 11 is 0. The van der Waals surface area contributed by atoms with Gasteiger partial charge in [-0.05, 0) is 30.7 Å².